The van der Waals surface area contributed by atoms with Gasteiger partial charge in [0.1, 0.15) is 11.6 Å². The van der Waals surface area contributed by atoms with E-state index in [1.807, 2.05) is 28.8 Å². The molecule has 1 saturated carbocycles. The molecule has 0 radical (unpaired) electrons. The minimum absolute atomic E-state index is 0.159. The second kappa shape index (κ2) is 6.13. The number of aliphatic hydroxyl groups is 1. The lowest BCUT2D eigenvalue weighted by Gasteiger charge is -2.26. The topological polar surface area (TPSA) is 82.7 Å². The zero-order valence-corrected chi connectivity index (χ0v) is 13.3. The van der Waals surface area contributed by atoms with Crippen molar-refractivity contribution in [2.75, 3.05) is 5.32 Å². The van der Waals surface area contributed by atoms with E-state index in [9.17, 15) is 10.2 Å². The summed E-state index contributed by atoms with van der Waals surface area (Å²) >= 11 is 0. The number of hydrogen-bond donors (Lipinski definition) is 3. The van der Waals surface area contributed by atoms with Gasteiger partial charge in [-0.3, -0.25) is 0 Å². The van der Waals surface area contributed by atoms with Crippen molar-refractivity contribution in [2.24, 2.45) is 0 Å². The second-order valence-corrected chi connectivity index (χ2v) is 6.33. The lowest BCUT2D eigenvalue weighted by Crippen LogP contribution is -2.28. The minimum Gasteiger partial charge on any atom is -0.508 e. The summed E-state index contributed by atoms with van der Waals surface area (Å²) in [6.45, 7) is 0. The molecule has 0 atom stereocenters. The van der Waals surface area contributed by atoms with Crippen LogP contribution < -0.4 is 5.32 Å². The number of hydrogen-bond acceptors (Lipinski definition) is 5. The first-order chi connectivity index (χ1) is 11.7. The predicted octanol–water partition coefficient (Wildman–Crippen LogP) is 2.82. The van der Waals surface area contributed by atoms with Crippen LogP contribution in [0.15, 0.2) is 42.6 Å². The van der Waals surface area contributed by atoms with Crippen molar-refractivity contribution in [2.45, 2.75) is 37.8 Å². The monoisotopic (exact) mass is 324 g/mol. The molecule has 0 unspecified atom stereocenters. The van der Waals surface area contributed by atoms with E-state index in [1.54, 1.807) is 18.3 Å². The largest absolute Gasteiger partial charge is 0.508 e. The molecule has 2 aromatic heterocycles. The van der Waals surface area contributed by atoms with E-state index in [0.29, 0.717) is 6.04 Å². The van der Waals surface area contributed by atoms with Crippen molar-refractivity contribution in [1.29, 1.82) is 0 Å². The van der Waals surface area contributed by atoms with Crippen LogP contribution in [0.5, 0.6) is 5.75 Å². The van der Waals surface area contributed by atoms with Gasteiger partial charge < -0.3 is 15.5 Å². The van der Waals surface area contributed by atoms with Crippen LogP contribution in [0, 0.1) is 0 Å². The van der Waals surface area contributed by atoms with Crippen molar-refractivity contribution in [3.63, 3.8) is 0 Å². The maximum atomic E-state index is 9.61. The van der Waals surface area contributed by atoms with Crippen molar-refractivity contribution < 1.29 is 10.2 Å². The second-order valence-electron chi connectivity index (χ2n) is 6.33. The summed E-state index contributed by atoms with van der Waals surface area (Å²) in [6.07, 6.45) is 5.21. The first kappa shape index (κ1) is 15.0. The van der Waals surface area contributed by atoms with Gasteiger partial charge in [0.25, 0.3) is 0 Å². The Balaban J connectivity index is 1.62. The van der Waals surface area contributed by atoms with E-state index in [2.05, 4.69) is 15.4 Å². The zero-order valence-electron chi connectivity index (χ0n) is 13.3. The molecular formula is C18H20N4O2. The Kier molecular flexibility index (Phi) is 3.82. The Hall–Kier alpha value is -2.60. The molecule has 0 aliphatic heterocycles. The van der Waals surface area contributed by atoms with Gasteiger partial charge in [0.15, 0.2) is 5.65 Å². The van der Waals surface area contributed by atoms with Crippen LogP contribution in [0.1, 0.15) is 25.7 Å². The zero-order chi connectivity index (χ0) is 16.5. The average Bonchev–Trinajstić information content (AvgIpc) is 3.01. The van der Waals surface area contributed by atoms with Crippen molar-refractivity contribution in [3.8, 4) is 17.0 Å². The number of imidazole rings is 1. The van der Waals surface area contributed by atoms with E-state index in [0.717, 1.165) is 48.4 Å². The summed E-state index contributed by atoms with van der Waals surface area (Å²) in [5.74, 6) is 1.05. The SMILES string of the molecule is Oc1ccc(-c2cnc3ccc(N[C@H]4CC[C@H](O)CC4)nn23)cc1. The van der Waals surface area contributed by atoms with Gasteiger partial charge in [-0.05, 0) is 62.1 Å². The maximum Gasteiger partial charge on any atom is 0.154 e. The van der Waals surface area contributed by atoms with Crippen molar-refractivity contribution in [1.82, 2.24) is 14.6 Å². The van der Waals surface area contributed by atoms with Gasteiger partial charge in [0.2, 0.25) is 0 Å². The Labute approximate surface area is 139 Å². The van der Waals surface area contributed by atoms with Crippen LogP contribution in [0.4, 0.5) is 5.82 Å². The number of phenols is 1. The highest BCUT2D eigenvalue weighted by atomic mass is 16.3. The molecule has 1 aliphatic carbocycles. The number of aromatic nitrogens is 3. The fraction of sp³-hybridized carbons (Fsp3) is 0.333. The number of benzene rings is 1. The highest BCUT2D eigenvalue weighted by molar-refractivity contribution is 5.64. The molecule has 0 bridgehead atoms. The minimum atomic E-state index is -0.159. The van der Waals surface area contributed by atoms with E-state index in [-0.39, 0.29) is 11.9 Å². The van der Waals surface area contributed by atoms with Gasteiger partial charge >= 0.3 is 0 Å². The molecule has 2 heterocycles. The summed E-state index contributed by atoms with van der Waals surface area (Å²) in [7, 11) is 0. The number of nitrogens with one attached hydrogen (secondary N) is 1. The van der Waals surface area contributed by atoms with Gasteiger partial charge in [0.05, 0.1) is 18.0 Å². The normalized spacial score (nSPS) is 21.0. The summed E-state index contributed by atoms with van der Waals surface area (Å²) in [4.78, 5) is 4.39. The standard InChI is InChI=1S/C18H20N4O2/c23-14-5-1-12(2-6-14)16-11-19-18-10-9-17(21-22(16)18)20-13-3-7-15(24)8-4-13/h1-2,5-6,9-11,13,15,23-24H,3-4,7-8H2,(H,20,21)/t13-,15-. The fourth-order valence-electron chi connectivity index (χ4n) is 3.21. The molecule has 0 spiro atoms. The third-order valence-electron chi connectivity index (χ3n) is 4.57. The average molecular weight is 324 g/mol. The predicted molar refractivity (Wildman–Crippen MR) is 92.0 cm³/mol. The number of aliphatic hydroxyl groups excluding tert-OH is 1. The van der Waals surface area contributed by atoms with E-state index < -0.39 is 0 Å². The molecule has 0 saturated heterocycles. The number of fused-ring (bicyclic) bond motifs is 1. The first-order valence-electron chi connectivity index (χ1n) is 8.28. The molecular weight excluding hydrogens is 304 g/mol. The third-order valence-corrected chi connectivity index (χ3v) is 4.57. The highest BCUT2D eigenvalue weighted by Crippen LogP contribution is 2.24. The number of rotatable bonds is 3. The molecule has 24 heavy (non-hydrogen) atoms. The third kappa shape index (κ3) is 2.92. The Morgan fingerprint density at radius 2 is 1.75 bits per heavy atom. The summed E-state index contributed by atoms with van der Waals surface area (Å²) in [6, 6.07) is 11.2. The van der Waals surface area contributed by atoms with E-state index >= 15 is 0 Å². The quantitative estimate of drug-likeness (QED) is 0.690. The summed E-state index contributed by atoms with van der Waals surface area (Å²) in [5.41, 5.74) is 2.61. The number of phenolic OH excluding ortho intramolecular Hbond substituents is 1. The van der Waals surface area contributed by atoms with E-state index in [1.165, 1.54) is 0 Å². The van der Waals surface area contributed by atoms with Crippen LogP contribution in [0.3, 0.4) is 0 Å². The first-order valence-corrected chi connectivity index (χ1v) is 8.28. The van der Waals surface area contributed by atoms with Crippen LogP contribution >= 0.6 is 0 Å². The highest BCUT2D eigenvalue weighted by Gasteiger charge is 2.19. The molecule has 124 valence electrons. The number of nitrogens with zero attached hydrogens (tertiary/aromatic N) is 3. The summed E-state index contributed by atoms with van der Waals surface area (Å²) in [5, 5.41) is 27.2. The Bertz CT molecular complexity index is 836. The van der Waals surface area contributed by atoms with Crippen molar-refractivity contribution >= 4 is 11.5 Å². The van der Waals surface area contributed by atoms with Gasteiger partial charge in [0, 0.05) is 11.6 Å². The van der Waals surface area contributed by atoms with Gasteiger partial charge in [-0.15, -0.1) is 5.10 Å². The fourth-order valence-corrected chi connectivity index (χ4v) is 3.21. The molecule has 1 aromatic carbocycles. The molecule has 3 N–H and O–H groups in total. The lowest BCUT2D eigenvalue weighted by atomic mass is 9.93. The summed E-state index contributed by atoms with van der Waals surface area (Å²) < 4.78 is 1.81. The molecule has 6 nitrogen and oxygen atoms in total. The van der Waals surface area contributed by atoms with E-state index in [4.69, 9.17) is 0 Å². The van der Waals surface area contributed by atoms with Gasteiger partial charge in [-0.25, -0.2) is 9.50 Å². The van der Waals surface area contributed by atoms with Crippen LogP contribution in [-0.4, -0.2) is 37.0 Å². The van der Waals surface area contributed by atoms with Crippen molar-refractivity contribution in [3.05, 3.63) is 42.6 Å². The molecule has 1 aliphatic rings. The Morgan fingerprint density at radius 3 is 2.50 bits per heavy atom. The molecule has 3 aromatic rings. The molecule has 0 amide bonds. The lowest BCUT2D eigenvalue weighted by molar-refractivity contribution is 0.126. The number of anilines is 1. The maximum absolute atomic E-state index is 9.61. The van der Waals surface area contributed by atoms with Crippen LogP contribution in [0.2, 0.25) is 0 Å². The van der Waals surface area contributed by atoms with Crippen LogP contribution in [-0.2, 0) is 0 Å². The van der Waals surface area contributed by atoms with Gasteiger partial charge in [-0.1, -0.05) is 0 Å². The molecule has 1 fully saturated rings. The molecule has 6 heteroatoms. The Morgan fingerprint density at radius 1 is 1.00 bits per heavy atom. The van der Waals surface area contributed by atoms with Crippen LogP contribution in [0.25, 0.3) is 16.9 Å². The van der Waals surface area contributed by atoms with Gasteiger partial charge in [-0.2, -0.15) is 0 Å². The smallest absolute Gasteiger partial charge is 0.154 e. The molecule has 4 rings (SSSR count). The number of aromatic hydroxyl groups is 1.